The van der Waals surface area contributed by atoms with Crippen LogP contribution in [0.25, 0.3) is 0 Å². The molecule has 16 heavy (non-hydrogen) atoms. The van der Waals surface area contributed by atoms with Crippen LogP contribution >= 0.6 is 0 Å². The molecule has 0 saturated heterocycles. The van der Waals surface area contributed by atoms with E-state index in [1.807, 2.05) is 0 Å². The van der Waals surface area contributed by atoms with Gasteiger partial charge in [0.25, 0.3) is 0 Å². The lowest BCUT2D eigenvalue weighted by Crippen LogP contribution is -2.11. The second-order valence-corrected chi connectivity index (χ2v) is 4.79. The Morgan fingerprint density at radius 1 is 0.688 bits per heavy atom. The minimum atomic E-state index is -2.11. The highest BCUT2D eigenvalue weighted by atomic mass is 19.3. The normalized spacial score (nSPS) is 11.6. The van der Waals surface area contributed by atoms with E-state index >= 15 is 0 Å². The molecule has 0 amide bonds. The molecule has 98 valence electrons. The van der Waals surface area contributed by atoms with Crippen LogP contribution in [0.1, 0.15) is 78.1 Å². The summed E-state index contributed by atoms with van der Waals surface area (Å²) in [5.41, 5.74) is 0. The molecule has 0 radical (unpaired) electrons. The van der Waals surface area contributed by atoms with Crippen LogP contribution in [-0.2, 0) is 0 Å². The van der Waals surface area contributed by atoms with E-state index in [0.29, 0.717) is 0 Å². The van der Waals surface area contributed by atoms with Crippen LogP contribution in [0.3, 0.4) is 0 Å². The van der Waals surface area contributed by atoms with Gasteiger partial charge in [0, 0.05) is 5.92 Å². The first-order valence-electron chi connectivity index (χ1n) is 7.00. The Kier molecular flexibility index (Phi) is 11.2. The van der Waals surface area contributed by atoms with E-state index in [4.69, 9.17) is 0 Å². The van der Waals surface area contributed by atoms with Gasteiger partial charge in [0.05, 0.1) is 0 Å². The van der Waals surface area contributed by atoms with Gasteiger partial charge in [0.1, 0.15) is 0 Å². The summed E-state index contributed by atoms with van der Waals surface area (Å²) in [4.78, 5) is 0. The number of alkyl halides is 2. The van der Waals surface area contributed by atoms with E-state index < -0.39 is 6.43 Å². The zero-order chi connectivity index (χ0) is 12.2. The summed E-state index contributed by atoms with van der Waals surface area (Å²) in [6.07, 6.45) is 8.27. The molecule has 0 spiro atoms. The van der Waals surface area contributed by atoms with Gasteiger partial charge in [-0.15, -0.1) is 0 Å². The molecule has 0 rings (SSSR count). The lowest BCUT2D eigenvalue weighted by molar-refractivity contribution is 0.0645. The average Bonchev–Trinajstić information content (AvgIpc) is 2.26. The smallest absolute Gasteiger partial charge is 0.210 e. The molecule has 0 aromatic rings. The van der Waals surface area contributed by atoms with Gasteiger partial charge < -0.3 is 0 Å². The molecule has 0 aliphatic rings. The number of hydrogen-bond donors (Lipinski definition) is 0. The highest BCUT2D eigenvalue weighted by Crippen LogP contribution is 2.24. The summed E-state index contributed by atoms with van der Waals surface area (Å²) in [7, 11) is 0. The first-order chi connectivity index (χ1) is 7.72. The van der Waals surface area contributed by atoms with Crippen LogP contribution in [0.4, 0.5) is 8.78 Å². The summed E-state index contributed by atoms with van der Waals surface area (Å²) in [6, 6.07) is 0. The third kappa shape index (κ3) is 9.11. The van der Waals surface area contributed by atoms with Crippen LogP contribution in [0.2, 0.25) is 0 Å². The molecule has 0 aromatic carbocycles. The summed E-state index contributed by atoms with van der Waals surface area (Å²) in [6.45, 7) is 4.30. The number of unbranched alkanes of at least 4 members (excludes halogenated alkanes) is 6. The molecule has 0 aromatic heterocycles. The molecule has 0 aliphatic carbocycles. The Bertz CT molecular complexity index is 123. The Balaban J connectivity index is 3.54. The quantitative estimate of drug-likeness (QED) is 0.396. The van der Waals surface area contributed by atoms with Crippen LogP contribution in [0.15, 0.2) is 0 Å². The average molecular weight is 234 g/mol. The first kappa shape index (κ1) is 15.9. The van der Waals surface area contributed by atoms with Crippen molar-refractivity contribution in [1.29, 1.82) is 0 Å². The molecule has 0 aliphatic heterocycles. The lowest BCUT2D eigenvalue weighted by Gasteiger charge is -2.15. The van der Waals surface area contributed by atoms with Gasteiger partial charge >= 0.3 is 0 Å². The maximum atomic E-state index is 12.7. The fourth-order valence-electron chi connectivity index (χ4n) is 2.06. The Morgan fingerprint density at radius 3 is 1.44 bits per heavy atom. The van der Waals surface area contributed by atoms with Crippen molar-refractivity contribution in [2.45, 2.75) is 84.5 Å². The monoisotopic (exact) mass is 234 g/mol. The molecule has 0 N–H and O–H groups in total. The molecule has 0 saturated carbocycles. The summed E-state index contributed by atoms with van der Waals surface area (Å²) >= 11 is 0. The van der Waals surface area contributed by atoms with Gasteiger partial charge in [-0.25, -0.2) is 8.78 Å². The van der Waals surface area contributed by atoms with Crippen molar-refractivity contribution in [3.05, 3.63) is 0 Å². The number of rotatable bonds is 11. The van der Waals surface area contributed by atoms with E-state index in [0.717, 1.165) is 38.5 Å². The Labute approximate surface area is 99.8 Å². The summed E-state index contributed by atoms with van der Waals surface area (Å²) in [5, 5.41) is 0. The van der Waals surface area contributed by atoms with Crippen LogP contribution < -0.4 is 0 Å². The molecule has 0 unspecified atom stereocenters. The van der Waals surface area contributed by atoms with Crippen LogP contribution in [-0.4, -0.2) is 6.43 Å². The van der Waals surface area contributed by atoms with Crippen molar-refractivity contribution < 1.29 is 8.78 Å². The standard InChI is InChI=1S/C14H28F2/c1-3-5-7-9-11-13(14(15)16)12-10-8-6-4-2/h13-14H,3-12H2,1-2H3. The zero-order valence-electron chi connectivity index (χ0n) is 11.0. The molecular weight excluding hydrogens is 206 g/mol. The van der Waals surface area contributed by atoms with E-state index in [1.54, 1.807) is 0 Å². The van der Waals surface area contributed by atoms with E-state index in [-0.39, 0.29) is 5.92 Å². The van der Waals surface area contributed by atoms with Gasteiger partial charge in [-0.05, 0) is 12.8 Å². The zero-order valence-corrected chi connectivity index (χ0v) is 11.0. The molecule has 0 fully saturated rings. The minimum Gasteiger partial charge on any atom is -0.210 e. The molecule has 0 heterocycles. The van der Waals surface area contributed by atoms with Crippen molar-refractivity contribution in [2.24, 2.45) is 5.92 Å². The summed E-state index contributed by atoms with van der Waals surface area (Å²) < 4.78 is 25.4. The van der Waals surface area contributed by atoms with Crippen molar-refractivity contribution in [2.75, 3.05) is 0 Å². The molecular formula is C14H28F2. The minimum absolute atomic E-state index is 0.339. The largest absolute Gasteiger partial charge is 0.241 e. The van der Waals surface area contributed by atoms with Gasteiger partial charge in [0.2, 0.25) is 6.43 Å². The van der Waals surface area contributed by atoms with Crippen molar-refractivity contribution in [3.8, 4) is 0 Å². The predicted molar refractivity (Wildman–Crippen MR) is 67.0 cm³/mol. The third-order valence-electron chi connectivity index (χ3n) is 3.21. The molecule has 0 bridgehead atoms. The maximum Gasteiger partial charge on any atom is 0.241 e. The fourth-order valence-corrected chi connectivity index (χ4v) is 2.06. The molecule has 0 nitrogen and oxygen atoms in total. The topological polar surface area (TPSA) is 0 Å². The Hall–Kier alpha value is -0.140. The molecule has 2 heteroatoms. The second-order valence-electron chi connectivity index (χ2n) is 4.79. The van der Waals surface area contributed by atoms with E-state index in [2.05, 4.69) is 13.8 Å². The van der Waals surface area contributed by atoms with E-state index in [9.17, 15) is 8.78 Å². The highest BCUT2D eigenvalue weighted by molar-refractivity contribution is 4.62. The van der Waals surface area contributed by atoms with Crippen LogP contribution in [0, 0.1) is 5.92 Å². The predicted octanol–water partition coefficient (Wildman–Crippen LogP) is 5.81. The molecule has 0 atom stereocenters. The Morgan fingerprint density at radius 2 is 1.12 bits per heavy atom. The number of hydrogen-bond acceptors (Lipinski definition) is 0. The van der Waals surface area contributed by atoms with Gasteiger partial charge in [-0.2, -0.15) is 0 Å². The van der Waals surface area contributed by atoms with Crippen molar-refractivity contribution >= 4 is 0 Å². The van der Waals surface area contributed by atoms with Gasteiger partial charge in [-0.3, -0.25) is 0 Å². The van der Waals surface area contributed by atoms with Crippen LogP contribution in [0.5, 0.6) is 0 Å². The number of halogens is 2. The summed E-state index contributed by atoms with van der Waals surface area (Å²) in [5.74, 6) is -0.339. The van der Waals surface area contributed by atoms with Gasteiger partial charge in [-0.1, -0.05) is 65.2 Å². The SMILES string of the molecule is CCCCCCC(CCCCCC)C(F)F. The van der Waals surface area contributed by atoms with E-state index in [1.165, 1.54) is 25.7 Å². The lowest BCUT2D eigenvalue weighted by atomic mass is 9.95. The maximum absolute atomic E-state index is 12.7. The first-order valence-corrected chi connectivity index (χ1v) is 7.00. The van der Waals surface area contributed by atoms with Crippen molar-refractivity contribution in [3.63, 3.8) is 0 Å². The third-order valence-corrected chi connectivity index (χ3v) is 3.21. The van der Waals surface area contributed by atoms with Gasteiger partial charge in [0.15, 0.2) is 0 Å². The van der Waals surface area contributed by atoms with Crippen molar-refractivity contribution in [1.82, 2.24) is 0 Å². The second kappa shape index (κ2) is 11.3. The fraction of sp³-hybridized carbons (Fsp3) is 1.00. The highest BCUT2D eigenvalue weighted by Gasteiger charge is 2.18.